The van der Waals surface area contributed by atoms with Crippen molar-refractivity contribution >= 4 is 50.5 Å². The number of hydrogen-bond donors (Lipinski definition) is 2. The number of carboxylic acid groups (broad SMARTS) is 1. The number of anilines is 1. The van der Waals surface area contributed by atoms with Crippen molar-refractivity contribution in [3.63, 3.8) is 0 Å². The van der Waals surface area contributed by atoms with E-state index in [4.69, 9.17) is 11.6 Å². The SMILES string of the molecule is O=C(O)c1c(Br)cccc1NCCc1ccc(Cl)s1. The van der Waals surface area contributed by atoms with Crippen molar-refractivity contribution in [3.8, 4) is 0 Å². The third kappa shape index (κ3) is 3.72. The van der Waals surface area contributed by atoms with Crippen molar-refractivity contribution in [2.75, 3.05) is 11.9 Å². The largest absolute Gasteiger partial charge is 0.478 e. The molecule has 0 bridgehead atoms. The van der Waals surface area contributed by atoms with Gasteiger partial charge in [0, 0.05) is 21.6 Å². The molecule has 2 rings (SSSR count). The van der Waals surface area contributed by atoms with Gasteiger partial charge in [-0.15, -0.1) is 11.3 Å². The van der Waals surface area contributed by atoms with Crippen LogP contribution in [-0.4, -0.2) is 17.6 Å². The molecule has 0 atom stereocenters. The van der Waals surface area contributed by atoms with Gasteiger partial charge in [-0.1, -0.05) is 17.7 Å². The number of aromatic carboxylic acids is 1. The van der Waals surface area contributed by atoms with Crippen molar-refractivity contribution in [1.29, 1.82) is 0 Å². The zero-order valence-corrected chi connectivity index (χ0v) is 13.0. The molecule has 0 aliphatic heterocycles. The normalized spacial score (nSPS) is 10.4. The summed E-state index contributed by atoms with van der Waals surface area (Å²) < 4.78 is 1.34. The number of benzene rings is 1. The predicted octanol–water partition coefficient (Wildman–Crippen LogP) is 4.52. The van der Waals surface area contributed by atoms with E-state index in [0.717, 1.165) is 10.8 Å². The molecule has 3 nitrogen and oxygen atoms in total. The van der Waals surface area contributed by atoms with Gasteiger partial charge in [-0.3, -0.25) is 0 Å². The van der Waals surface area contributed by atoms with E-state index < -0.39 is 5.97 Å². The number of thiophene rings is 1. The Morgan fingerprint density at radius 1 is 1.37 bits per heavy atom. The Balaban J connectivity index is 2.03. The second kappa shape index (κ2) is 6.41. The van der Waals surface area contributed by atoms with Crippen molar-refractivity contribution in [1.82, 2.24) is 0 Å². The summed E-state index contributed by atoms with van der Waals surface area (Å²) in [5.41, 5.74) is 0.872. The summed E-state index contributed by atoms with van der Waals surface area (Å²) in [6.45, 7) is 0.660. The number of carbonyl (C=O) groups is 1. The molecular formula is C13H11BrClNO2S. The average Bonchev–Trinajstić information content (AvgIpc) is 2.74. The lowest BCUT2D eigenvalue weighted by Crippen LogP contribution is -2.09. The summed E-state index contributed by atoms with van der Waals surface area (Å²) in [5, 5.41) is 12.3. The minimum atomic E-state index is -0.950. The van der Waals surface area contributed by atoms with Gasteiger partial charge in [0.2, 0.25) is 0 Å². The fourth-order valence-electron chi connectivity index (χ4n) is 1.70. The van der Waals surface area contributed by atoms with Crippen LogP contribution in [0.2, 0.25) is 4.34 Å². The Bertz CT molecular complexity index is 600. The quantitative estimate of drug-likeness (QED) is 0.824. The number of carboxylic acids is 1. The van der Waals surface area contributed by atoms with Gasteiger partial charge in [0.15, 0.2) is 0 Å². The lowest BCUT2D eigenvalue weighted by Gasteiger charge is -2.10. The zero-order valence-electron chi connectivity index (χ0n) is 9.82. The van der Waals surface area contributed by atoms with Crippen LogP contribution < -0.4 is 5.32 Å². The first-order valence-corrected chi connectivity index (χ1v) is 7.56. The van der Waals surface area contributed by atoms with Crippen molar-refractivity contribution < 1.29 is 9.90 Å². The van der Waals surface area contributed by atoms with E-state index in [0.29, 0.717) is 16.7 Å². The minimum absolute atomic E-state index is 0.256. The molecule has 0 aliphatic rings. The molecule has 0 saturated carbocycles. The first-order chi connectivity index (χ1) is 9.08. The van der Waals surface area contributed by atoms with Crippen LogP contribution in [0.15, 0.2) is 34.8 Å². The molecule has 0 radical (unpaired) electrons. The van der Waals surface area contributed by atoms with Crippen LogP contribution in [0, 0.1) is 0 Å². The van der Waals surface area contributed by atoms with Crippen molar-refractivity contribution in [2.24, 2.45) is 0 Å². The van der Waals surface area contributed by atoms with Gasteiger partial charge in [-0.05, 0) is 46.6 Å². The van der Waals surface area contributed by atoms with Gasteiger partial charge >= 0.3 is 5.97 Å². The summed E-state index contributed by atoms with van der Waals surface area (Å²) in [7, 11) is 0. The molecule has 19 heavy (non-hydrogen) atoms. The van der Waals surface area contributed by atoms with Gasteiger partial charge in [0.05, 0.1) is 9.90 Å². The Labute approximate surface area is 128 Å². The molecule has 2 aromatic rings. The number of rotatable bonds is 5. The maximum atomic E-state index is 11.2. The van der Waals surface area contributed by atoms with Crippen LogP contribution in [0.4, 0.5) is 5.69 Å². The van der Waals surface area contributed by atoms with Gasteiger partial charge in [-0.25, -0.2) is 4.79 Å². The average molecular weight is 361 g/mol. The van der Waals surface area contributed by atoms with Crippen LogP contribution in [-0.2, 0) is 6.42 Å². The zero-order chi connectivity index (χ0) is 13.8. The van der Waals surface area contributed by atoms with Crippen LogP contribution in [0.5, 0.6) is 0 Å². The summed E-state index contributed by atoms with van der Waals surface area (Å²) in [4.78, 5) is 12.4. The maximum absolute atomic E-state index is 11.2. The topological polar surface area (TPSA) is 49.3 Å². The molecule has 0 aliphatic carbocycles. The molecule has 0 unspecified atom stereocenters. The van der Waals surface area contributed by atoms with E-state index in [-0.39, 0.29) is 5.56 Å². The molecule has 0 spiro atoms. The molecule has 2 N–H and O–H groups in total. The number of halogens is 2. The van der Waals surface area contributed by atoms with E-state index in [9.17, 15) is 9.90 Å². The van der Waals surface area contributed by atoms with Crippen LogP contribution in [0.1, 0.15) is 15.2 Å². The summed E-state index contributed by atoms with van der Waals surface area (Å²) in [6.07, 6.45) is 0.808. The summed E-state index contributed by atoms with van der Waals surface area (Å²) >= 11 is 10.6. The Morgan fingerprint density at radius 2 is 2.16 bits per heavy atom. The first-order valence-electron chi connectivity index (χ1n) is 5.58. The Morgan fingerprint density at radius 3 is 2.79 bits per heavy atom. The van der Waals surface area contributed by atoms with Gasteiger partial charge in [0.25, 0.3) is 0 Å². The summed E-state index contributed by atoms with van der Waals surface area (Å²) in [5.74, 6) is -0.950. The minimum Gasteiger partial charge on any atom is -0.478 e. The molecule has 100 valence electrons. The number of nitrogens with one attached hydrogen (secondary N) is 1. The second-order valence-corrected chi connectivity index (χ2v) is 6.50. The van der Waals surface area contributed by atoms with E-state index in [2.05, 4.69) is 21.2 Å². The van der Waals surface area contributed by atoms with E-state index in [1.807, 2.05) is 12.1 Å². The van der Waals surface area contributed by atoms with Gasteiger partial charge in [-0.2, -0.15) is 0 Å². The standard InChI is InChI=1S/C13H11BrClNO2S/c14-9-2-1-3-10(12(9)13(17)18)16-7-6-8-4-5-11(15)19-8/h1-5,16H,6-7H2,(H,17,18). The highest BCUT2D eigenvalue weighted by Gasteiger charge is 2.13. The molecule has 6 heteroatoms. The molecule has 1 heterocycles. The van der Waals surface area contributed by atoms with Gasteiger partial charge < -0.3 is 10.4 Å². The fraction of sp³-hybridized carbons (Fsp3) is 0.154. The molecular weight excluding hydrogens is 350 g/mol. The number of hydrogen-bond acceptors (Lipinski definition) is 3. The highest BCUT2D eigenvalue weighted by Crippen LogP contribution is 2.25. The van der Waals surface area contributed by atoms with Crippen LogP contribution in [0.3, 0.4) is 0 Å². The van der Waals surface area contributed by atoms with Crippen molar-refractivity contribution in [3.05, 3.63) is 49.6 Å². The highest BCUT2D eigenvalue weighted by atomic mass is 79.9. The third-order valence-electron chi connectivity index (χ3n) is 2.54. The van der Waals surface area contributed by atoms with Crippen LogP contribution in [0.25, 0.3) is 0 Å². The summed E-state index contributed by atoms with van der Waals surface area (Å²) in [6, 6.07) is 9.13. The lowest BCUT2D eigenvalue weighted by molar-refractivity contribution is 0.0697. The van der Waals surface area contributed by atoms with E-state index in [1.165, 1.54) is 16.2 Å². The molecule has 0 amide bonds. The first kappa shape index (κ1) is 14.4. The molecule has 0 saturated heterocycles. The predicted molar refractivity (Wildman–Crippen MR) is 82.6 cm³/mol. The van der Waals surface area contributed by atoms with E-state index in [1.54, 1.807) is 18.2 Å². The molecule has 0 fully saturated rings. The molecule has 1 aromatic heterocycles. The van der Waals surface area contributed by atoms with Crippen molar-refractivity contribution in [2.45, 2.75) is 6.42 Å². The van der Waals surface area contributed by atoms with E-state index >= 15 is 0 Å². The highest BCUT2D eigenvalue weighted by molar-refractivity contribution is 9.10. The second-order valence-electron chi connectivity index (χ2n) is 3.85. The van der Waals surface area contributed by atoms with Crippen LogP contribution >= 0.6 is 38.9 Å². The fourth-order valence-corrected chi connectivity index (χ4v) is 3.32. The van der Waals surface area contributed by atoms with Gasteiger partial charge in [0.1, 0.15) is 0 Å². The molecule has 1 aromatic carbocycles. The Kier molecular flexibility index (Phi) is 4.85. The monoisotopic (exact) mass is 359 g/mol. The maximum Gasteiger partial charge on any atom is 0.338 e. The Hall–Kier alpha value is -1.04. The smallest absolute Gasteiger partial charge is 0.338 e. The lowest BCUT2D eigenvalue weighted by atomic mass is 10.1. The third-order valence-corrected chi connectivity index (χ3v) is 4.49.